The molecular formula is C19H22N2O6S. The van der Waals surface area contributed by atoms with Gasteiger partial charge in [-0.15, -0.1) is 11.3 Å². The Hall–Kier alpha value is -2.65. The van der Waals surface area contributed by atoms with Gasteiger partial charge in [0, 0.05) is 24.0 Å². The Labute approximate surface area is 167 Å². The Balaban J connectivity index is 1.55. The van der Waals surface area contributed by atoms with E-state index in [1.807, 2.05) is 12.1 Å². The summed E-state index contributed by atoms with van der Waals surface area (Å²) in [6.07, 6.45) is 0.0141. The molecule has 0 radical (unpaired) electrons. The van der Waals surface area contributed by atoms with Crippen molar-refractivity contribution in [3.63, 3.8) is 0 Å². The Kier molecular flexibility index (Phi) is 6.83. The molecule has 8 nitrogen and oxygen atoms in total. The van der Waals surface area contributed by atoms with E-state index in [0.29, 0.717) is 43.5 Å². The van der Waals surface area contributed by atoms with Gasteiger partial charge in [-0.25, -0.2) is 4.98 Å². The van der Waals surface area contributed by atoms with E-state index in [9.17, 15) is 9.59 Å². The molecule has 1 aromatic carbocycles. The van der Waals surface area contributed by atoms with Crippen LogP contribution in [0.2, 0.25) is 0 Å². The van der Waals surface area contributed by atoms with Crippen LogP contribution in [0.5, 0.6) is 11.5 Å². The molecule has 1 saturated heterocycles. The van der Waals surface area contributed by atoms with Crippen LogP contribution in [0.4, 0.5) is 0 Å². The van der Waals surface area contributed by atoms with Crippen LogP contribution >= 0.6 is 11.3 Å². The van der Waals surface area contributed by atoms with Gasteiger partial charge in [0.25, 0.3) is 5.91 Å². The molecule has 2 aromatic rings. The monoisotopic (exact) mass is 406 g/mol. The number of thiazole rings is 1. The lowest BCUT2D eigenvalue weighted by Crippen LogP contribution is -2.42. The second-order valence-corrected chi connectivity index (χ2v) is 6.90. The topological polar surface area (TPSA) is 87.2 Å². The van der Waals surface area contributed by atoms with Gasteiger partial charge < -0.3 is 23.8 Å². The fourth-order valence-corrected chi connectivity index (χ4v) is 3.55. The van der Waals surface area contributed by atoms with Crippen molar-refractivity contribution in [1.29, 1.82) is 0 Å². The largest absolute Gasteiger partial charge is 0.493 e. The van der Waals surface area contributed by atoms with E-state index in [-0.39, 0.29) is 18.9 Å². The normalized spacial score (nSPS) is 13.9. The van der Waals surface area contributed by atoms with E-state index in [2.05, 4.69) is 4.98 Å². The lowest BCUT2D eigenvalue weighted by atomic mass is 10.2. The molecule has 0 bridgehead atoms. The summed E-state index contributed by atoms with van der Waals surface area (Å²) in [6.45, 7) is 1.81. The summed E-state index contributed by atoms with van der Waals surface area (Å²) >= 11 is 1.42. The Morgan fingerprint density at radius 3 is 2.64 bits per heavy atom. The van der Waals surface area contributed by atoms with Crippen molar-refractivity contribution < 1.29 is 28.5 Å². The second-order valence-electron chi connectivity index (χ2n) is 6.04. The summed E-state index contributed by atoms with van der Waals surface area (Å²) in [5.41, 5.74) is 1.46. The van der Waals surface area contributed by atoms with E-state index in [1.165, 1.54) is 11.3 Å². The van der Waals surface area contributed by atoms with Crippen LogP contribution in [-0.4, -0.2) is 68.9 Å². The number of morpholine rings is 1. The van der Waals surface area contributed by atoms with Gasteiger partial charge in [0.1, 0.15) is 5.01 Å². The maximum atomic E-state index is 12.0. The predicted molar refractivity (Wildman–Crippen MR) is 103 cm³/mol. The summed E-state index contributed by atoms with van der Waals surface area (Å²) in [7, 11) is 3.15. The van der Waals surface area contributed by atoms with Gasteiger partial charge in [-0.1, -0.05) is 0 Å². The number of hydrogen-bond donors (Lipinski definition) is 0. The molecule has 28 heavy (non-hydrogen) atoms. The van der Waals surface area contributed by atoms with Gasteiger partial charge >= 0.3 is 5.97 Å². The highest BCUT2D eigenvalue weighted by molar-refractivity contribution is 7.13. The number of ether oxygens (including phenoxy) is 4. The summed E-state index contributed by atoms with van der Waals surface area (Å²) in [5.74, 6) is 0.557. The molecule has 0 saturated carbocycles. The number of methoxy groups -OCH3 is 2. The van der Waals surface area contributed by atoms with E-state index in [1.54, 1.807) is 30.6 Å². The molecule has 1 aliphatic rings. The van der Waals surface area contributed by atoms with E-state index >= 15 is 0 Å². The van der Waals surface area contributed by atoms with Gasteiger partial charge in [-0.05, 0) is 18.2 Å². The average molecular weight is 406 g/mol. The first kappa shape index (κ1) is 20.1. The molecule has 1 fully saturated rings. The van der Waals surface area contributed by atoms with Gasteiger partial charge in [-0.2, -0.15) is 0 Å². The van der Waals surface area contributed by atoms with Gasteiger partial charge in [0.05, 0.1) is 39.5 Å². The van der Waals surface area contributed by atoms with Crippen LogP contribution in [-0.2, 0) is 25.5 Å². The van der Waals surface area contributed by atoms with E-state index < -0.39 is 5.97 Å². The SMILES string of the molecule is COc1ccc(-c2nc(CC(=O)OCC(=O)N3CCOCC3)cs2)cc1OC. The molecule has 2 heterocycles. The number of rotatable bonds is 7. The molecule has 3 rings (SSSR count). The fourth-order valence-electron chi connectivity index (χ4n) is 2.74. The number of amides is 1. The summed E-state index contributed by atoms with van der Waals surface area (Å²) < 4.78 is 20.8. The highest BCUT2D eigenvalue weighted by atomic mass is 32.1. The minimum absolute atomic E-state index is 0.0141. The standard InChI is InChI=1S/C19H22N2O6S/c1-24-15-4-3-13(9-16(15)25-2)19-20-14(12-28-19)10-18(23)27-11-17(22)21-5-7-26-8-6-21/h3-4,9,12H,5-8,10-11H2,1-2H3. The molecule has 1 amide bonds. The summed E-state index contributed by atoms with van der Waals surface area (Å²) in [6, 6.07) is 5.52. The molecule has 0 aliphatic carbocycles. The minimum Gasteiger partial charge on any atom is -0.493 e. The Bertz CT molecular complexity index is 832. The van der Waals surface area contributed by atoms with Crippen LogP contribution in [0.15, 0.2) is 23.6 Å². The predicted octanol–water partition coefficient (Wildman–Crippen LogP) is 1.77. The van der Waals surface area contributed by atoms with Crippen LogP contribution in [0.25, 0.3) is 10.6 Å². The van der Waals surface area contributed by atoms with Crippen molar-refractivity contribution >= 4 is 23.2 Å². The lowest BCUT2D eigenvalue weighted by Gasteiger charge is -2.26. The molecule has 9 heteroatoms. The lowest BCUT2D eigenvalue weighted by molar-refractivity contribution is -0.153. The first-order chi connectivity index (χ1) is 13.6. The summed E-state index contributed by atoms with van der Waals surface area (Å²) in [4.78, 5) is 30.2. The number of carbonyl (C=O) groups excluding carboxylic acids is 2. The summed E-state index contributed by atoms with van der Waals surface area (Å²) in [5, 5.41) is 2.56. The number of aromatic nitrogens is 1. The number of esters is 1. The third kappa shape index (κ3) is 4.99. The quantitative estimate of drug-likeness (QED) is 0.648. The highest BCUT2D eigenvalue weighted by Crippen LogP contribution is 2.33. The number of nitrogens with zero attached hydrogens (tertiary/aromatic N) is 2. The number of hydrogen-bond acceptors (Lipinski definition) is 8. The van der Waals surface area contributed by atoms with Crippen LogP contribution in [0.1, 0.15) is 5.69 Å². The maximum Gasteiger partial charge on any atom is 0.312 e. The van der Waals surface area contributed by atoms with Gasteiger partial charge in [-0.3, -0.25) is 9.59 Å². The van der Waals surface area contributed by atoms with Gasteiger partial charge in [0.15, 0.2) is 18.1 Å². The molecule has 1 aromatic heterocycles. The van der Waals surface area contributed by atoms with Crippen molar-refractivity contribution in [3.8, 4) is 22.1 Å². The Morgan fingerprint density at radius 1 is 1.18 bits per heavy atom. The molecule has 0 atom stereocenters. The molecule has 0 spiro atoms. The molecule has 1 aliphatic heterocycles. The first-order valence-electron chi connectivity index (χ1n) is 8.78. The van der Waals surface area contributed by atoms with Crippen LogP contribution in [0, 0.1) is 0 Å². The molecule has 0 unspecified atom stereocenters. The van der Waals surface area contributed by atoms with Crippen LogP contribution in [0.3, 0.4) is 0 Å². The zero-order valence-electron chi connectivity index (χ0n) is 15.8. The van der Waals surface area contributed by atoms with Crippen LogP contribution < -0.4 is 9.47 Å². The van der Waals surface area contributed by atoms with Crippen molar-refractivity contribution in [1.82, 2.24) is 9.88 Å². The zero-order chi connectivity index (χ0) is 19.9. The van der Waals surface area contributed by atoms with Gasteiger partial charge in [0.2, 0.25) is 0 Å². The third-order valence-corrected chi connectivity index (χ3v) is 5.17. The van der Waals surface area contributed by atoms with E-state index in [4.69, 9.17) is 18.9 Å². The minimum atomic E-state index is -0.481. The smallest absolute Gasteiger partial charge is 0.312 e. The number of carbonyl (C=O) groups is 2. The molecule has 150 valence electrons. The third-order valence-electron chi connectivity index (χ3n) is 4.23. The zero-order valence-corrected chi connectivity index (χ0v) is 16.6. The maximum absolute atomic E-state index is 12.0. The second kappa shape index (κ2) is 9.52. The highest BCUT2D eigenvalue weighted by Gasteiger charge is 2.19. The van der Waals surface area contributed by atoms with Crippen molar-refractivity contribution in [2.75, 3.05) is 47.1 Å². The molecule has 0 N–H and O–H groups in total. The molecular weight excluding hydrogens is 384 g/mol. The average Bonchev–Trinajstić information content (AvgIpc) is 3.20. The van der Waals surface area contributed by atoms with Crippen molar-refractivity contribution in [3.05, 3.63) is 29.3 Å². The van der Waals surface area contributed by atoms with E-state index in [0.717, 1.165) is 10.6 Å². The fraction of sp³-hybridized carbons (Fsp3) is 0.421. The van der Waals surface area contributed by atoms with Crippen molar-refractivity contribution in [2.24, 2.45) is 0 Å². The van der Waals surface area contributed by atoms with Crippen molar-refractivity contribution in [2.45, 2.75) is 6.42 Å². The Morgan fingerprint density at radius 2 is 1.93 bits per heavy atom. The number of benzene rings is 1. The first-order valence-corrected chi connectivity index (χ1v) is 9.66.